The third-order valence-corrected chi connectivity index (χ3v) is 5.07. The number of benzene rings is 1. The molecule has 7 heteroatoms. The van der Waals surface area contributed by atoms with E-state index in [0.29, 0.717) is 19.1 Å². The fourth-order valence-corrected chi connectivity index (χ4v) is 3.78. The van der Waals surface area contributed by atoms with E-state index in [4.69, 9.17) is 0 Å². The van der Waals surface area contributed by atoms with Crippen molar-refractivity contribution < 1.29 is 18.0 Å². The van der Waals surface area contributed by atoms with Gasteiger partial charge in [-0.2, -0.15) is 13.2 Å². The molecule has 0 aromatic heterocycles. The minimum absolute atomic E-state index is 0.0328. The molecule has 0 unspecified atom stereocenters. The van der Waals surface area contributed by atoms with E-state index in [1.165, 1.54) is 23.9 Å². The van der Waals surface area contributed by atoms with Gasteiger partial charge in [-0.3, -0.25) is 4.79 Å². The Balaban J connectivity index is 2.13. The molecule has 128 valence electrons. The van der Waals surface area contributed by atoms with Crippen molar-refractivity contribution in [3.8, 4) is 0 Å². The predicted octanol–water partition coefficient (Wildman–Crippen LogP) is 3.67. The fourth-order valence-electron chi connectivity index (χ4n) is 2.47. The van der Waals surface area contributed by atoms with Gasteiger partial charge in [0.05, 0.1) is 10.8 Å². The maximum atomic E-state index is 12.7. The van der Waals surface area contributed by atoms with Gasteiger partial charge in [0.1, 0.15) is 5.37 Å². The number of carbonyl (C=O) groups excluding carboxylic acids is 1. The lowest BCUT2D eigenvalue weighted by atomic mass is 10.1. The van der Waals surface area contributed by atoms with Crippen LogP contribution in [-0.4, -0.2) is 35.2 Å². The highest BCUT2D eigenvalue weighted by atomic mass is 32.2. The summed E-state index contributed by atoms with van der Waals surface area (Å²) in [5.74, 6) is 0.0328. The molecule has 1 aliphatic rings. The highest BCUT2D eigenvalue weighted by molar-refractivity contribution is 8.01. The van der Waals surface area contributed by atoms with Gasteiger partial charge < -0.3 is 10.2 Å². The van der Waals surface area contributed by atoms with E-state index < -0.39 is 11.7 Å². The molecule has 0 aliphatic carbocycles. The van der Waals surface area contributed by atoms with Crippen molar-refractivity contribution in [2.24, 2.45) is 0 Å². The summed E-state index contributed by atoms with van der Waals surface area (Å²) in [5, 5.41) is 2.85. The maximum absolute atomic E-state index is 12.7. The van der Waals surface area contributed by atoms with Gasteiger partial charge in [-0.25, -0.2) is 0 Å². The number of halogens is 3. The molecular formula is C16H21F3N2OS. The summed E-state index contributed by atoms with van der Waals surface area (Å²) in [7, 11) is 0. The number of thioether (sulfide) groups is 1. The summed E-state index contributed by atoms with van der Waals surface area (Å²) >= 11 is 1.47. The van der Waals surface area contributed by atoms with Crippen molar-refractivity contribution in [3.63, 3.8) is 0 Å². The Bertz CT molecular complexity index is 545. The molecule has 0 radical (unpaired) electrons. The van der Waals surface area contributed by atoms with Crippen LogP contribution in [-0.2, 0) is 11.0 Å². The van der Waals surface area contributed by atoms with Gasteiger partial charge in [0, 0.05) is 19.1 Å². The molecule has 2 atom stereocenters. The van der Waals surface area contributed by atoms with E-state index in [2.05, 4.69) is 5.32 Å². The van der Waals surface area contributed by atoms with Crippen LogP contribution in [0, 0.1) is 0 Å². The van der Waals surface area contributed by atoms with Crippen LogP contribution < -0.4 is 5.32 Å². The molecule has 2 rings (SSSR count). The van der Waals surface area contributed by atoms with Crippen molar-refractivity contribution in [1.29, 1.82) is 0 Å². The smallest absolute Gasteiger partial charge is 0.324 e. The molecule has 1 amide bonds. The lowest BCUT2D eigenvalue weighted by Gasteiger charge is -2.25. The Hall–Kier alpha value is -1.21. The van der Waals surface area contributed by atoms with Gasteiger partial charge in [0.25, 0.3) is 0 Å². The molecule has 3 nitrogen and oxygen atoms in total. The van der Waals surface area contributed by atoms with Crippen LogP contribution in [0.15, 0.2) is 24.3 Å². The van der Waals surface area contributed by atoms with E-state index >= 15 is 0 Å². The molecule has 1 aliphatic heterocycles. The van der Waals surface area contributed by atoms with Crippen LogP contribution in [0.5, 0.6) is 0 Å². The Morgan fingerprint density at radius 1 is 1.26 bits per heavy atom. The van der Waals surface area contributed by atoms with Gasteiger partial charge in [0.15, 0.2) is 0 Å². The third kappa shape index (κ3) is 4.41. The molecule has 1 N–H and O–H groups in total. The molecular weight excluding hydrogens is 325 g/mol. The number of alkyl halides is 3. The molecule has 0 spiro atoms. The standard InChI is InChI=1S/C16H21F3N2OS/c1-10(2)20-8-9-21-14(22)11(3)23-15(21)12-4-6-13(7-5-12)16(17,18)19/h4-7,10-11,15,20H,8-9H2,1-3H3/t11-,15+/m1/s1. The minimum atomic E-state index is -4.34. The zero-order valence-corrected chi connectivity index (χ0v) is 14.2. The van der Waals surface area contributed by atoms with Gasteiger partial charge in [-0.05, 0) is 24.6 Å². The van der Waals surface area contributed by atoms with Gasteiger partial charge in [0.2, 0.25) is 5.91 Å². The number of nitrogens with zero attached hydrogens (tertiary/aromatic N) is 1. The van der Waals surface area contributed by atoms with Crippen molar-refractivity contribution in [1.82, 2.24) is 10.2 Å². The van der Waals surface area contributed by atoms with Crippen molar-refractivity contribution >= 4 is 17.7 Å². The SMILES string of the molecule is CC(C)NCCN1C(=O)[C@@H](C)S[C@H]1c1ccc(C(F)(F)F)cc1. The Kier molecular flexibility index (Phi) is 5.62. The average Bonchev–Trinajstić information content (AvgIpc) is 2.74. The number of hydrogen-bond acceptors (Lipinski definition) is 3. The first kappa shape index (κ1) is 18.1. The van der Waals surface area contributed by atoms with Crippen molar-refractivity contribution in [3.05, 3.63) is 35.4 Å². The lowest BCUT2D eigenvalue weighted by molar-refractivity contribution is -0.137. The Morgan fingerprint density at radius 3 is 2.39 bits per heavy atom. The second-order valence-corrected chi connectivity index (χ2v) is 7.32. The predicted molar refractivity (Wildman–Crippen MR) is 86.1 cm³/mol. The average molecular weight is 346 g/mol. The van der Waals surface area contributed by atoms with Gasteiger partial charge in [-0.15, -0.1) is 11.8 Å². The fraction of sp³-hybridized carbons (Fsp3) is 0.562. The Morgan fingerprint density at radius 2 is 1.87 bits per heavy atom. The number of carbonyl (C=O) groups is 1. The summed E-state index contributed by atoms with van der Waals surface area (Å²) in [6.07, 6.45) is -4.34. The van der Waals surface area contributed by atoms with E-state index in [1.54, 1.807) is 4.90 Å². The van der Waals surface area contributed by atoms with Crippen LogP contribution in [0.1, 0.15) is 37.3 Å². The van der Waals surface area contributed by atoms with E-state index in [-0.39, 0.29) is 16.5 Å². The van der Waals surface area contributed by atoms with E-state index in [9.17, 15) is 18.0 Å². The molecule has 1 saturated heterocycles. The molecule has 0 bridgehead atoms. The van der Waals surface area contributed by atoms with Gasteiger partial charge >= 0.3 is 6.18 Å². The largest absolute Gasteiger partial charge is 0.416 e. The summed E-state index contributed by atoms with van der Waals surface area (Å²) in [5.41, 5.74) is 0.0573. The monoisotopic (exact) mass is 346 g/mol. The number of rotatable bonds is 5. The molecule has 1 aromatic carbocycles. The second-order valence-electron chi connectivity index (χ2n) is 5.89. The zero-order valence-electron chi connectivity index (χ0n) is 13.4. The summed E-state index contributed by atoms with van der Waals surface area (Å²) < 4.78 is 38.0. The highest BCUT2D eigenvalue weighted by Crippen LogP contribution is 2.43. The summed E-state index contributed by atoms with van der Waals surface area (Å²) in [4.78, 5) is 14.0. The first-order valence-electron chi connectivity index (χ1n) is 7.56. The first-order valence-corrected chi connectivity index (χ1v) is 8.51. The van der Waals surface area contributed by atoms with E-state index in [0.717, 1.165) is 17.7 Å². The van der Waals surface area contributed by atoms with Crippen LogP contribution in [0.4, 0.5) is 13.2 Å². The highest BCUT2D eigenvalue weighted by Gasteiger charge is 2.38. The number of amides is 1. The Labute approximate surface area is 138 Å². The maximum Gasteiger partial charge on any atom is 0.416 e. The van der Waals surface area contributed by atoms with Gasteiger partial charge in [-0.1, -0.05) is 26.0 Å². The molecule has 0 saturated carbocycles. The van der Waals surface area contributed by atoms with Crippen LogP contribution in [0.2, 0.25) is 0 Å². The normalized spacial score (nSPS) is 22.2. The first-order chi connectivity index (χ1) is 10.7. The molecule has 1 fully saturated rings. The lowest BCUT2D eigenvalue weighted by Crippen LogP contribution is -2.38. The van der Waals surface area contributed by atoms with Crippen LogP contribution in [0.25, 0.3) is 0 Å². The zero-order chi connectivity index (χ0) is 17.2. The second kappa shape index (κ2) is 7.13. The van der Waals surface area contributed by atoms with Crippen LogP contribution in [0.3, 0.4) is 0 Å². The van der Waals surface area contributed by atoms with Crippen molar-refractivity contribution in [2.75, 3.05) is 13.1 Å². The van der Waals surface area contributed by atoms with E-state index in [1.807, 2.05) is 20.8 Å². The van der Waals surface area contributed by atoms with Crippen molar-refractivity contribution in [2.45, 2.75) is 43.6 Å². The summed E-state index contributed by atoms with van der Waals surface area (Å²) in [6.45, 7) is 7.08. The van der Waals surface area contributed by atoms with Crippen LogP contribution >= 0.6 is 11.8 Å². The topological polar surface area (TPSA) is 32.3 Å². The number of nitrogens with one attached hydrogen (secondary N) is 1. The quantitative estimate of drug-likeness (QED) is 0.883. The minimum Gasteiger partial charge on any atom is -0.324 e. The summed E-state index contributed by atoms with van der Waals surface area (Å²) in [6, 6.07) is 5.41. The molecule has 23 heavy (non-hydrogen) atoms. The molecule has 1 heterocycles. The third-order valence-electron chi connectivity index (χ3n) is 3.68. The number of hydrogen-bond donors (Lipinski definition) is 1. The molecule has 1 aromatic rings.